The van der Waals surface area contributed by atoms with Gasteiger partial charge in [0.15, 0.2) is 0 Å². The zero-order valence-electron chi connectivity index (χ0n) is 8.23. The van der Waals surface area contributed by atoms with Crippen LogP contribution in [-0.4, -0.2) is 4.98 Å². The van der Waals surface area contributed by atoms with Gasteiger partial charge in [0.1, 0.15) is 0 Å². The third kappa shape index (κ3) is 3.26. The summed E-state index contributed by atoms with van der Waals surface area (Å²) in [5.41, 5.74) is 1.66. The molecule has 0 unspecified atom stereocenters. The number of aromatic nitrogens is 1. The largest absolute Gasteiger partial charge is 0.367 e. The number of hydrogen-bond acceptors (Lipinski definition) is 0. The van der Waals surface area contributed by atoms with Crippen molar-refractivity contribution < 1.29 is 1.43 Å². The van der Waals surface area contributed by atoms with Crippen molar-refractivity contribution in [3.05, 3.63) is 24.0 Å². The highest BCUT2D eigenvalue weighted by molar-refractivity contribution is 5.17. The molecule has 0 amide bonds. The Bertz CT molecular complexity index is 172. The van der Waals surface area contributed by atoms with Gasteiger partial charge in [0.05, 0.1) is 0 Å². The first kappa shape index (κ1) is 10.3. The van der Waals surface area contributed by atoms with E-state index in [1.165, 1.54) is 5.56 Å². The van der Waals surface area contributed by atoms with E-state index in [1.807, 2.05) is 26.2 Å². The molecule has 0 saturated carbocycles. The summed E-state index contributed by atoms with van der Waals surface area (Å²) in [6.07, 6.45) is 4.00. The number of H-pyrrole nitrogens is 1. The zero-order chi connectivity index (χ0) is 8.91. The van der Waals surface area contributed by atoms with E-state index < -0.39 is 0 Å². The second-order valence-electron chi connectivity index (χ2n) is 3.35. The molecule has 1 N–H and O–H groups in total. The van der Waals surface area contributed by atoms with E-state index in [1.54, 1.807) is 0 Å². The predicted octanol–water partition coefficient (Wildman–Crippen LogP) is 3.58. The van der Waals surface area contributed by atoms with Crippen molar-refractivity contribution in [3.8, 4) is 0 Å². The van der Waals surface area contributed by atoms with Crippen LogP contribution in [0.2, 0.25) is 0 Å². The first-order valence-corrected chi connectivity index (χ1v) is 4.24. The summed E-state index contributed by atoms with van der Waals surface area (Å²) in [5, 5.41) is 0. The van der Waals surface area contributed by atoms with Crippen LogP contribution in [-0.2, 0) is 5.41 Å². The van der Waals surface area contributed by atoms with Gasteiger partial charge in [-0.1, -0.05) is 34.6 Å². The first-order valence-electron chi connectivity index (χ1n) is 4.24. The topological polar surface area (TPSA) is 15.8 Å². The minimum atomic E-state index is 0. The van der Waals surface area contributed by atoms with E-state index in [0.29, 0.717) is 5.41 Å². The Morgan fingerprint density at radius 1 is 1.27 bits per heavy atom. The Kier molecular flexibility index (Phi) is 3.94. The molecule has 0 bridgehead atoms. The van der Waals surface area contributed by atoms with E-state index in [-0.39, 0.29) is 1.43 Å². The Morgan fingerprint density at radius 2 is 1.82 bits per heavy atom. The lowest BCUT2D eigenvalue weighted by Crippen LogP contribution is -2.08. The van der Waals surface area contributed by atoms with Crippen LogP contribution in [0.5, 0.6) is 0 Å². The molecular weight excluding hydrogens is 134 g/mol. The smallest absolute Gasteiger partial charge is 0.00426 e. The number of rotatable bonds is 0. The lowest BCUT2D eigenvalue weighted by atomic mass is 9.89. The van der Waals surface area contributed by atoms with Gasteiger partial charge in [-0.2, -0.15) is 0 Å². The van der Waals surface area contributed by atoms with Crippen LogP contribution in [0.1, 0.15) is 41.6 Å². The fourth-order valence-corrected chi connectivity index (χ4v) is 0.790. The molecule has 0 saturated heterocycles. The van der Waals surface area contributed by atoms with Gasteiger partial charge in [-0.05, 0) is 17.0 Å². The van der Waals surface area contributed by atoms with Crippen LogP contribution in [0.15, 0.2) is 18.5 Å². The monoisotopic (exact) mass is 155 g/mol. The van der Waals surface area contributed by atoms with Crippen molar-refractivity contribution in [2.75, 3.05) is 0 Å². The minimum Gasteiger partial charge on any atom is -0.367 e. The van der Waals surface area contributed by atoms with Crippen LogP contribution in [0.3, 0.4) is 0 Å². The van der Waals surface area contributed by atoms with E-state index >= 15 is 0 Å². The normalized spacial score (nSPS) is 10.3. The molecule has 0 radical (unpaired) electrons. The van der Waals surface area contributed by atoms with E-state index in [4.69, 9.17) is 0 Å². The summed E-state index contributed by atoms with van der Waals surface area (Å²) in [5.74, 6) is 0. The van der Waals surface area contributed by atoms with Crippen LogP contribution in [0.4, 0.5) is 0 Å². The maximum absolute atomic E-state index is 3.04. The van der Waals surface area contributed by atoms with Crippen LogP contribution in [0, 0.1) is 0 Å². The fraction of sp³-hybridized carbons (Fsp3) is 0.600. The molecule has 0 aliphatic heterocycles. The van der Waals surface area contributed by atoms with Gasteiger partial charge in [0.25, 0.3) is 0 Å². The summed E-state index contributed by atoms with van der Waals surface area (Å²) in [7, 11) is 0. The fourth-order valence-electron chi connectivity index (χ4n) is 0.790. The molecule has 0 spiro atoms. The van der Waals surface area contributed by atoms with E-state index in [9.17, 15) is 0 Å². The molecule has 66 valence electrons. The van der Waals surface area contributed by atoms with Crippen molar-refractivity contribution in [3.63, 3.8) is 0 Å². The van der Waals surface area contributed by atoms with Crippen molar-refractivity contribution in [2.45, 2.75) is 40.0 Å². The first-order chi connectivity index (χ1) is 5.11. The molecule has 1 aromatic heterocycles. The zero-order valence-corrected chi connectivity index (χ0v) is 8.23. The molecule has 0 aliphatic rings. The Morgan fingerprint density at radius 3 is 2.00 bits per heavy atom. The summed E-state index contributed by atoms with van der Waals surface area (Å²) in [6, 6.07) is 2.11. The summed E-state index contributed by atoms with van der Waals surface area (Å²) in [4.78, 5) is 3.04. The maximum Gasteiger partial charge on any atom is 0.00426 e. The quantitative estimate of drug-likeness (QED) is 0.589. The summed E-state index contributed by atoms with van der Waals surface area (Å²) in [6.45, 7) is 10.6. The predicted molar refractivity (Wildman–Crippen MR) is 53.0 cm³/mol. The van der Waals surface area contributed by atoms with Gasteiger partial charge in [-0.3, -0.25) is 0 Å². The number of hydrogen-bond donors (Lipinski definition) is 1. The number of nitrogens with one attached hydrogen (secondary N) is 1. The second kappa shape index (κ2) is 4.22. The molecule has 0 aliphatic carbocycles. The molecule has 1 aromatic rings. The highest BCUT2D eigenvalue weighted by Crippen LogP contribution is 2.20. The SMILES string of the molecule is CC.CC(C)(C)c1cc[nH]c1.[HH]. The molecule has 11 heavy (non-hydrogen) atoms. The van der Waals surface area contributed by atoms with Gasteiger partial charge in [0.2, 0.25) is 0 Å². The van der Waals surface area contributed by atoms with Gasteiger partial charge >= 0.3 is 0 Å². The van der Waals surface area contributed by atoms with Crippen molar-refractivity contribution in [1.29, 1.82) is 0 Å². The Labute approximate surface area is 71.3 Å². The molecular formula is C10H21N. The van der Waals surface area contributed by atoms with Crippen molar-refractivity contribution >= 4 is 0 Å². The summed E-state index contributed by atoms with van der Waals surface area (Å²) < 4.78 is 0. The Hall–Kier alpha value is -0.720. The standard InChI is InChI=1S/C8H13N.C2H6.H2/c1-8(2,3)7-4-5-9-6-7;1-2;/h4-6,9H,1-3H3;1-2H3;1H. The van der Waals surface area contributed by atoms with Crippen LogP contribution < -0.4 is 0 Å². The van der Waals surface area contributed by atoms with Gasteiger partial charge in [0, 0.05) is 13.8 Å². The van der Waals surface area contributed by atoms with Crippen LogP contribution in [0.25, 0.3) is 0 Å². The minimum absolute atomic E-state index is 0. The van der Waals surface area contributed by atoms with Crippen molar-refractivity contribution in [2.24, 2.45) is 0 Å². The molecule has 1 rings (SSSR count). The van der Waals surface area contributed by atoms with Crippen molar-refractivity contribution in [1.82, 2.24) is 4.98 Å². The van der Waals surface area contributed by atoms with Gasteiger partial charge in [-0.25, -0.2) is 0 Å². The third-order valence-electron chi connectivity index (χ3n) is 1.46. The van der Waals surface area contributed by atoms with Gasteiger partial charge in [-0.15, -0.1) is 0 Å². The molecule has 0 fully saturated rings. The molecule has 1 heteroatoms. The average molecular weight is 155 g/mol. The molecule has 1 heterocycles. The molecule has 0 atom stereocenters. The van der Waals surface area contributed by atoms with E-state index in [0.717, 1.165) is 0 Å². The lowest BCUT2D eigenvalue weighted by molar-refractivity contribution is 0.591. The summed E-state index contributed by atoms with van der Waals surface area (Å²) >= 11 is 0. The Balaban J connectivity index is 0. The maximum atomic E-state index is 3.04. The number of aromatic amines is 1. The second-order valence-corrected chi connectivity index (χ2v) is 3.35. The lowest BCUT2D eigenvalue weighted by Gasteiger charge is -2.15. The van der Waals surface area contributed by atoms with E-state index in [2.05, 4.69) is 31.8 Å². The average Bonchev–Trinajstić information content (AvgIpc) is 2.40. The highest BCUT2D eigenvalue weighted by atomic mass is 14.6. The molecule has 1 nitrogen and oxygen atoms in total. The molecule has 0 aromatic carbocycles. The van der Waals surface area contributed by atoms with Gasteiger partial charge < -0.3 is 4.98 Å². The van der Waals surface area contributed by atoms with Crippen LogP contribution >= 0.6 is 0 Å². The third-order valence-corrected chi connectivity index (χ3v) is 1.46. The highest BCUT2D eigenvalue weighted by Gasteiger charge is 2.12.